The zero-order valence-corrected chi connectivity index (χ0v) is 3.82. The van der Waals surface area contributed by atoms with E-state index in [2.05, 4.69) is 0 Å². The summed E-state index contributed by atoms with van der Waals surface area (Å²) in [5, 5.41) is 0. The molecule has 0 bridgehead atoms. The molecule has 0 saturated carbocycles. The fourth-order valence-corrected chi connectivity index (χ4v) is 0. The van der Waals surface area contributed by atoms with Crippen LogP contribution in [0.25, 0.3) is 0 Å². The van der Waals surface area contributed by atoms with Gasteiger partial charge in [0.15, 0.2) is 0 Å². The monoisotopic (exact) mass is 108 g/mol. The first-order valence-electron chi connectivity index (χ1n) is 0.478. The van der Waals surface area contributed by atoms with Crippen molar-refractivity contribution in [2.75, 3.05) is 0 Å². The van der Waals surface area contributed by atoms with Crippen molar-refractivity contribution in [1.82, 2.24) is 0 Å². The summed E-state index contributed by atoms with van der Waals surface area (Å²) >= 11 is -3.40. The summed E-state index contributed by atoms with van der Waals surface area (Å²) in [5.74, 6) is 0. The van der Waals surface area contributed by atoms with Crippen LogP contribution in [0.1, 0.15) is 0 Å². The molecule has 0 aliphatic heterocycles. The van der Waals surface area contributed by atoms with Crippen molar-refractivity contribution in [2.24, 2.45) is 0 Å². The second-order valence-electron chi connectivity index (χ2n) is 0.201. The normalized spacial score (nSPS) is 4.80. The summed E-state index contributed by atoms with van der Waals surface area (Å²) < 4.78 is 24.3. The van der Waals surface area contributed by atoms with Gasteiger partial charge in [-0.2, -0.15) is 0 Å². The molecule has 0 amide bonds. The summed E-state index contributed by atoms with van der Waals surface area (Å²) in [6, 6.07) is 0. The van der Waals surface area contributed by atoms with Crippen LogP contribution in [0.5, 0.6) is 0 Å². The molecule has 0 atom stereocenters. The van der Waals surface area contributed by atoms with Gasteiger partial charge in [-0.3, -0.25) is 0 Å². The minimum atomic E-state index is -3.40. The van der Waals surface area contributed by atoms with E-state index < -0.39 is 13.8 Å². The summed E-state index contributed by atoms with van der Waals surface area (Å²) in [4.78, 5) is 0. The quantitative estimate of drug-likeness (QED) is 0.295. The van der Waals surface area contributed by atoms with Crippen molar-refractivity contribution < 1.29 is 40.7 Å². The van der Waals surface area contributed by atoms with E-state index in [0.29, 0.717) is 0 Å². The molecule has 0 fully saturated rings. The second-order valence-corrected chi connectivity index (χ2v) is 0.829. The maximum absolute atomic E-state index is 8.63. The van der Waals surface area contributed by atoms with Crippen molar-refractivity contribution in [3.63, 3.8) is 0 Å². The number of rotatable bonds is 0. The zero-order chi connectivity index (χ0) is 3.58. The fraction of sp³-hybridized carbons (Fsp3) is 0. The molecular formula is LiMnNO2. The summed E-state index contributed by atoms with van der Waals surface area (Å²) in [5.41, 5.74) is 0. The SMILES string of the molecule is [Li+].[N]#[Mn](=[O])[O-]. The Bertz CT molecular complexity index is 99.8. The van der Waals surface area contributed by atoms with Crippen LogP contribution < -0.4 is 23.0 Å². The predicted octanol–water partition coefficient (Wildman–Crippen LogP) is -4.29. The van der Waals surface area contributed by atoms with E-state index in [0.717, 1.165) is 0 Å². The van der Waals surface area contributed by atoms with Gasteiger partial charge in [-0.15, -0.1) is 0 Å². The molecule has 0 heterocycles. The van der Waals surface area contributed by atoms with Crippen LogP contribution in [0.4, 0.5) is 0 Å². The van der Waals surface area contributed by atoms with Crippen LogP contribution in [0, 0.1) is 4.20 Å². The van der Waals surface area contributed by atoms with Crippen LogP contribution in [0.15, 0.2) is 0 Å². The molecule has 25 valence electrons. The Labute approximate surface area is 45.2 Å². The Balaban J connectivity index is 0. The minimum absolute atomic E-state index is 0. The first-order chi connectivity index (χ1) is 1.73. The molecule has 0 N–H and O–H groups in total. The summed E-state index contributed by atoms with van der Waals surface area (Å²) in [6.07, 6.45) is 0. The van der Waals surface area contributed by atoms with Gasteiger partial charge in [-0.25, -0.2) is 0 Å². The third-order valence-electron chi connectivity index (χ3n) is 0. The molecule has 0 unspecified atom stereocenters. The third-order valence-corrected chi connectivity index (χ3v) is 0. The number of hydrogen-bond donors (Lipinski definition) is 0. The fourth-order valence-electron chi connectivity index (χ4n) is 0. The van der Waals surface area contributed by atoms with Gasteiger partial charge < -0.3 is 0 Å². The molecule has 5 heavy (non-hydrogen) atoms. The van der Waals surface area contributed by atoms with Crippen LogP contribution >= 0.6 is 0 Å². The van der Waals surface area contributed by atoms with Crippen molar-refractivity contribution >= 4 is 0 Å². The Morgan fingerprint density at radius 1 is 1.80 bits per heavy atom. The van der Waals surface area contributed by atoms with E-state index >= 15 is 0 Å². The predicted molar refractivity (Wildman–Crippen MR) is 2.41 cm³/mol. The Hall–Kier alpha value is 0.587. The maximum atomic E-state index is 8.63. The van der Waals surface area contributed by atoms with Crippen molar-refractivity contribution in [2.45, 2.75) is 0 Å². The molecule has 0 aromatic carbocycles. The second kappa shape index (κ2) is 4.59. The number of nitrogens with zero attached hydrogens (tertiary/aromatic N) is 1. The molecule has 0 rings (SSSR count). The van der Waals surface area contributed by atoms with Gasteiger partial charge in [-0.1, -0.05) is 0 Å². The van der Waals surface area contributed by atoms with Crippen LogP contribution in [-0.2, 0) is 17.6 Å². The third kappa shape index (κ3) is 89.1. The van der Waals surface area contributed by atoms with Gasteiger partial charge >= 0.3 is 44.9 Å². The average molecular weight is 108 g/mol. The molecule has 3 nitrogen and oxygen atoms in total. The van der Waals surface area contributed by atoms with Gasteiger partial charge in [0, 0.05) is 0 Å². The van der Waals surface area contributed by atoms with E-state index in [1.54, 1.807) is 0 Å². The topological polar surface area (TPSA) is 63.9 Å². The van der Waals surface area contributed by atoms with Crippen LogP contribution in [0.2, 0.25) is 0 Å². The summed E-state index contributed by atoms with van der Waals surface area (Å²) in [6.45, 7) is 0. The van der Waals surface area contributed by atoms with E-state index in [1.165, 1.54) is 0 Å². The van der Waals surface area contributed by atoms with Crippen LogP contribution in [0.3, 0.4) is 0 Å². The number of hydrogen-bond acceptors (Lipinski definition) is 3. The molecular weight excluding hydrogens is 108 g/mol. The molecule has 0 saturated heterocycles. The van der Waals surface area contributed by atoms with Gasteiger partial charge in [0.1, 0.15) is 0 Å². The molecule has 0 aromatic rings. The Kier molecular flexibility index (Phi) is 8.38. The van der Waals surface area contributed by atoms with E-state index in [1.807, 2.05) is 0 Å². The first-order valence-corrected chi connectivity index (χ1v) is 1.97. The first kappa shape index (κ1) is 9.14. The molecule has 0 aliphatic carbocycles. The van der Waals surface area contributed by atoms with Gasteiger partial charge in [0.2, 0.25) is 0 Å². The average Bonchev–Trinajstić information content (AvgIpc) is 0.811. The van der Waals surface area contributed by atoms with E-state index in [4.69, 9.17) is 12.2 Å². The molecule has 0 spiro atoms. The van der Waals surface area contributed by atoms with Crippen LogP contribution in [-0.4, -0.2) is 0 Å². The van der Waals surface area contributed by atoms with Gasteiger partial charge in [0.05, 0.1) is 0 Å². The Morgan fingerprint density at radius 2 is 1.80 bits per heavy atom. The van der Waals surface area contributed by atoms with E-state index in [-0.39, 0.29) is 18.9 Å². The van der Waals surface area contributed by atoms with E-state index in [9.17, 15) is 0 Å². The van der Waals surface area contributed by atoms with Crippen molar-refractivity contribution in [1.29, 1.82) is 4.20 Å². The standard InChI is InChI=1S/Li.Mn.N.2O/q+1;;;;-1. The molecule has 0 aromatic heterocycles. The van der Waals surface area contributed by atoms with Crippen molar-refractivity contribution in [3.8, 4) is 0 Å². The molecule has 5 heteroatoms. The molecule has 0 aliphatic rings. The molecule has 0 radical (unpaired) electrons. The zero-order valence-electron chi connectivity index (χ0n) is 2.64. The van der Waals surface area contributed by atoms with Gasteiger partial charge in [0.25, 0.3) is 0 Å². The summed E-state index contributed by atoms with van der Waals surface area (Å²) in [7, 11) is 0. The Morgan fingerprint density at radius 3 is 1.80 bits per heavy atom. The van der Waals surface area contributed by atoms with Gasteiger partial charge in [-0.05, 0) is 0 Å². The van der Waals surface area contributed by atoms with Crippen molar-refractivity contribution in [3.05, 3.63) is 0 Å².